The van der Waals surface area contributed by atoms with Gasteiger partial charge in [-0.2, -0.15) is 23.4 Å². The Balaban J connectivity index is 1.38. The molecule has 0 aliphatic carbocycles. The molecular weight excluding hydrogens is 451 g/mol. The molecule has 0 radical (unpaired) electrons. The first-order valence-electron chi connectivity index (χ1n) is 9.03. The zero-order chi connectivity index (χ0) is 22.0. The van der Waals surface area contributed by atoms with Gasteiger partial charge in [0.15, 0.2) is 5.69 Å². The van der Waals surface area contributed by atoms with Crippen molar-refractivity contribution >= 4 is 34.5 Å². The van der Waals surface area contributed by atoms with Gasteiger partial charge in [-0.1, -0.05) is 29.8 Å². The number of thiophene rings is 1. The van der Waals surface area contributed by atoms with E-state index in [0.717, 1.165) is 11.6 Å². The third-order valence-electron chi connectivity index (χ3n) is 4.33. The van der Waals surface area contributed by atoms with E-state index in [1.165, 1.54) is 28.4 Å². The zero-order valence-corrected chi connectivity index (χ0v) is 17.4. The minimum absolute atomic E-state index is 0.135. The summed E-state index contributed by atoms with van der Waals surface area (Å²) in [5.41, 5.74) is 1.16. The minimum atomic E-state index is -4.48. The van der Waals surface area contributed by atoms with E-state index in [-0.39, 0.29) is 12.5 Å². The van der Waals surface area contributed by atoms with Crippen LogP contribution in [0, 0.1) is 0 Å². The van der Waals surface area contributed by atoms with Gasteiger partial charge in [0.1, 0.15) is 0 Å². The van der Waals surface area contributed by atoms with Gasteiger partial charge in [-0.3, -0.25) is 14.2 Å². The van der Waals surface area contributed by atoms with Crippen molar-refractivity contribution in [2.45, 2.75) is 19.3 Å². The summed E-state index contributed by atoms with van der Waals surface area (Å²) in [6, 6.07) is 9.97. The third-order valence-corrected chi connectivity index (χ3v) is 5.68. The van der Waals surface area contributed by atoms with Crippen LogP contribution in [0.3, 0.4) is 0 Å². The van der Waals surface area contributed by atoms with Crippen LogP contribution in [0.25, 0.3) is 0 Å². The van der Waals surface area contributed by atoms with Gasteiger partial charge < -0.3 is 5.32 Å². The van der Waals surface area contributed by atoms with E-state index < -0.39 is 11.9 Å². The number of alkyl halides is 3. The van der Waals surface area contributed by atoms with E-state index in [0.29, 0.717) is 27.7 Å². The van der Waals surface area contributed by atoms with E-state index >= 15 is 0 Å². The lowest BCUT2D eigenvalue weighted by Crippen LogP contribution is -2.10. The second-order valence-corrected chi connectivity index (χ2v) is 8.01. The number of hydrogen-bond donors (Lipinski definition) is 1. The molecule has 4 aromatic rings. The molecule has 31 heavy (non-hydrogen) atoms. The van der Waals surface area contributed by atoms with E-state index in [4.69, 9.17) is 11.6 Å². The number of aromatic nitrogens is 4. The first kappa shape index (κ1) is 21.1. The first-order chi connectivity index (χ1) is 14.8. The molecule has 4 rings (SSSR count). The number of benzene rings is 1. The van der Waals surface area contributed by atoms with Gasteiger partial charge >= 0.3 is 6.18 Å². The van der Waals surface area contributed by atoms with E-state index in [1.807, 2.05) is 18.2 Å². The van der Waals surface area contributed by atoms with Crippen molar-refractivity contribution in [2.24, 2.45) is 0 Å². The van der Waals surface area contributed by atoms with Gasteiger partial charge in [0, 0.05) is 17.4 Å². The van der Waals surface area contributed by atoms with Gasteiger partial charge in [0.2, 0.25) is 0 Å². The van der Waals surface area contributed by atoms with Crippen LogP contribution >= 0.6 is 22.9 Å². The molecule has 1 aromatic carbocycles. The number of rotatable bonds is 6. The molecule has 0 unspecified atom stereocenters. The van der Waals surface area contributed by atoms with Crippen LogP contribution < -0.4 is 5.32 Å². The topological polar surface area (TPSA) is 64.7 Å². The molecule has 0 saturated carbocycles. The molecule has 3 aromatic heterocycles. The predicted octanol–water partition coefficient (Wildman–Crippen LogP) is 5.16. The second kappa shape index (κ2) is 8.56. The van der Waals surface area contributed by atoms with Crippen LogP contribution in [0.15, 0.2) is 60.4 Å². The monoisotopic (exact) mass is 465 g/mol. The van der Waals surface area contributed by atoms with Gasteiger partial charge in [0.25, 0.3) is 5.91 Å². The van der Waals surface area contributed by atoms with Gasteiger partial charge in [0.05, 0.1) is 29.9 Å². The summed E-state index contributed by atoms with van der Waals surface area (Å²) in [5.74, 6) is -0.329. The molecule has 6 nitrogen and oxygen atoms in total. The largest absolute Gasteiger partial charge is 0.435 e. The number of anilines is 1. The highest BCUT2D eigenvalue weighted by Crippen LogP contribution is 2.27. The van der Waals surface area contributed by atoms with Crippen molar-refractivity contribution < 1.29 is 18.0 Å². The fraction of sp³-hybridized carbons (Fsp3) is 0.150. The highest BCUT2D eigenvalue weighted by atomic mass is 35.5. The van der Waals surface area contributed by atoms with Crippen molar-refractivity contribution in [3.05, 3.63) is 87.1 Å². The molecule has 0 fully saturated rings. The summed E-state index contributed by atoms with van der Waals surface area (Å²) in [4.78, 5) is 12.9. The summed E-state index contributed by atoms with van der Waals surface area (Å²) in [7, 11) is 0. The summed E-state index contributed by atoms with van der Waals surface area (Å²) < 4.78 is 40.8. The zero-order valence-electron chi connectivity index (χ0n) is 15.8. The Labute approximate surface area is 183 Å². The average Bonchev–Trinajstić information content (AvgIpc) is 3.45. The Morgan fingerprint density at radius 3 is 2.71 bits per heavy atom. The van der Waals surface area contributed by atoms with E-state index in [2.05, 4.69) is 15.5 Å². The number of nitrogens with one attached hydrogen (secondary N) is 1. The van der Waals surface area contributed by atoms with Crippen LogP contribution in [0.1, 0.15) is 26.5 Å². The van der Waals surface area contributed by atoms with Crippen molar-refractivity contribution in [3.8, 4) is 0 Å². The molecule has 0 spiro atoms. The summed E-state index contributed by atoms with van der Waals surface area (Å²) >= 11 is 7.36. The summed E-state index contributed by atoms with van der Waals surface area (Å²) in [6.45, 7) is 0.595. The Morgan fingerprint density at radius 2 is 1.97 bits per heavy atom. The normalized spacial score (nSPS) is 11.6. The Kier molecular flexibility index (Phi) is 5.84. The number of hydrogen-bond acceptors (Lipinski definition) is 4. The number of carbonyl (C=O) groups is 1. The van der Waals surface area contributed by atoms with Crippen molar-refractivity contribution in [1.29, 1.82) is 0 Å². The van der Waals surface area contributed by atoms with Crippen LogP contribution in [-0.2, 0) is 19.3 Å². The van der Waals surface area contributed by atoms with Crippen molar-refractivity contribution in [1.82, 2.24) is 19.6 Å². The summed E-state index contributed by atoms with van der Waals surface area (Å²) in [6.07, 6.45) is -0.00132. The minimum Gasteiger partial charge on any atom is -0.319 e. The third kappa shape index (κ3) is 5.15. The molecule has 0 atom stereocenters. The fourth-order valence-corrected chi connectivity index (χ4v) is 3.87. The number of carbonyl (C=O) groups excluding carboxylic acids is 1. The van der Waals surface area contributed by atoms with Crippen LogP contribution in [0.4, 0.5) is 18.9 Å². The van der Waals surface area contributed by atoms with Crippen LogP contribution in [-0.4, -0.2) is 25.5 Å². The molecular formula is C20H15ClF3N5OS. The highest BCUT2D eigenvalue weighted by Gasteiger charge is 2.33. The smallest absolute Gasteiger partial charge is 0.319 e. The number of amides is 1. The molecule has 0 bridgehead atoms. The van der Waals surface area contributed by atoms with Gasteiger partial charge in [-0.05, 0) is 34.7 Å². The maximum Gasteiger partial charge on any atom is 0.435 e. The molecule has 0 aliphatic rings. The molecule has 160 valence electrons. The maximum atomic E-state index is 12.7. The Morgan fingerprint density at radius 1 is 1.16 bits per heavy atom. The first-order valence-corrected chi connectivity index (χ1v) is 10.3. The Bertz CT molecular complexity index is 1210. The highest BCUT2D eigenvalue weighted by molar-refractivity contribution is 7.12. The number of halogens is 4. The standard InChI is InChI=1S/C20H15ClF3N5OS/c21-16-4-2-1-3-14(16)10-29-11-15(8-25-29)26-19(30)17-7-13(12-31-17)9-28-6-5-18(27-28)20(22,23)24/h1-8,11-12H,9-10H2,(H,26,30). The van der Waals surface area contributed by atoms with Gasteiger partial charge in [-0.25, -0.2) is 0 Å². The lowest BCUT2D eigenvalue weighted by Gasteiger charge is -2.04. The molecule has 11 heteroatoms. The SMILES string of the molecule is O=C(Nc1cnn(Cc2ccccc2Cl)c1)c1cc(Cn2ccc(C(F)(F)F)n2)cs1. The lowest BCUT2D eigenvalue weighted by atomic mass is 10.2. The quantitative estimate of drug-likeness (QED) is 0.427. The van der Waals surface area contributed by atoms with Crippen molar-refractivity contribution in [3.63, 3.8) is 0 Å². The second-order valence-electron chi connectivity index (χ2n) is 6.69. The van der Waals surface area contributed by atoms with Crippen molar-refractivity contribution in [2.75, 3.05) is 5.32 Å². The Hall–Kier alpha value is -3.11. The molecule has 1 N–H and O–H groups in total. The van der Waals surface area contributed by atoms with E-state index in [9.17, 15) is 18.0 Å². The average molecular weight is 466 g/mol. The molecule has 3 heterocycles. The van der Waals surface area contributed by atoms with E-state index in [1.54, 1.807) is 28.4 Å². The lowest BCUT2D eigenvalue weighted by molar-refractivity contribution is -0.141. The van der Waals surface area contributed by atoms with Gasteiger partial charge in [-0.15, -0.1) is 11.3 Å². The maximum absolute atomic E-state index is 12.7. The summed E-state index contributed by atoms with van der Waals surface area (Å²) in [5, 5.41) is 12.9. The molecule has 0 saturated heterocycles. The van der Waals surface area contributed by atoms with Crippen LogP contribution in [0.2, 0.25) is 5.02 Å². The predicted molar refractivity (Wildman–Crippen MR) is 111 cm³/mol. The fourth-order valence-electron chi connectivity index (χ4n) is 2.87. The van der Waals surface area contributed by atoms with Crippen LogP contribution in [0.5, 0.6) is 0 Å². The number of nitrogens with zero attached hydrogens (tertiary/aromatic N) is 4. The molecule has 0 aliphatic heterocycles. The molecule has 1 amide bonds.